The van der Waals surface area contributed by atoms with Gasteiger partial charge in [-0.25, -0.2) is 0 Å². The van der Waals surface area contributed by atoms with Crippen molar-refractivity contribution in [2.45, 2.75) is 67.2 Å². The summed E-state index contributed by atoms with van der Waals surface area (Å²) in [5, 5.41) is 0. The zero-order valence-electron chi connectivity index (χ0n) is 13.6. The van der Waals surface area contributed by atoms with E-state index in [2.05, 4.69) is 51.3 Å². The molecule has 0 fully saturated rings. The number of hydrogen-bond acceptors (Lipinski definition) is 2. The van der Waals surface area contributed by atoms with Crippen LogP contribution in [0.25, 0.3) is 0 Å². The van der Waals surface area contributed by atoms with Crippen molar-refractivity contribution < 1.29 is 0 Å². The van der Waals surface area contributed by atoms with Gasteiger partial charge in [-0.3, -0.25) is 0 Å². The van der Waals surface area contributed by atoms with Crippen LogP contribution in [-0.4, -0.2) is 36.0 Å². The smallest absolute Gasteiger partial charge is 0.102 e. The Balaban J connectivity index is 5.03. The summed E-state index contributed by atoms with van der Waals surface area (Å²) in [4.78, 5) is 5.17. The van der Waals surface area contributed by atoms with Gasteiger partial charge in [0, 0.05) is 26.2 Å². The highest BCUT2D eigenvalue weighted by molar-refractivity contribution is 5.08. The van der Waals surface area contributed by atoms with E-state index in [9.17, 15) is 0 Å². The number of hydrogen-bond donors (Lipinski definition) is 0. The Morgan fingerprint density at radius 2 is 0.889 bits per heavy atom. The van der Waals surface area contributed by atoms with Gasteiger partial charge in [-0.2, -0.15) is 0 Å². The zero-order valence-corrected chi connectivity index (χ0v) is 13.6. The van der Waals surface area contributed by atoms with Crippen LogP contribution in [0.15, 0.2) is 11.4 Å². The third kappa shape index (κ3) is 5.79. The second-order valence-electron chi connectivity index (χ2n) is 5.30. The maximum Gasteiger partial charge on any atom is 0.102 e. The maximum absolute atomic E-state index is 2.58. The van der Waals surface area contributed by atoms with Crippen molar-refractivity contribution in [2.24, 2.45) is 0 Å². The Kier molecular flexibility index (Phi) is 9.90. The molecule has 0 saturated heterocycles. The lowest BCUT2D eigenvalue weighted by Gasteiger charge is -2.37. The van der Waals surface area contributed by atoms with Crippen LogP contribution in [-0.2, 0) is 0 Å². The summed E-state index contributed by atoms with van der Waals surface area (Å²) in [7, 11) is 0. The topological polar surface area (TPSA) is 6.48 Å². The molecule has 0 aliphatic carbocycles. The van der Waals surface area contributed by atoms with E-state index in [0.717, 1.165) is 0 Å². The molecule has 18 heavy (non-hydrogen) atoms. The summed E-state index contributed by atoms with van der Waals surface area (Å²) in [5.41, 5.74) is 1.46. The molecule has 0 rings (SSSR count). The van der Waals surface area contributed by atoms with Crippen LogP contribution in [0.3, 0.4) is 0 Å². The van der Waals surface area contributed by atoms with E-state index in [0.29, 0.717) is 0 Å². The molecular weight excluding hydrogens is 220 g/mol. The standard InChI is InChI=1S/C16H34N2/c1-7-11-17(12-8-2)16(15(5)6)18(13-9-3)14-10-4/h7-14H2,1-6H3. The molecule has 0 amide bonds. The van der Waals surface area contributed by atoms with Crippen LogP contribution in [0.2, 0.25) is 0 Å². The Hall–Kier alpha value is -0.660. The summed E-state index contributed by atoms with van der Waals surface area (Å²) >= 11 is 0. The molecule has 0 aliphatic heterocycles. The lowest BCUT2D eigenvalue weighted by molar-refractivity contribution is 0.204. The summed E-state index contributed by atoms with van der Waals surface area (Å²) in [5.74, 6) is 1.49. The van der Waals surface area contributed by atoms with Crippen molar-refractivity contribution in [3.05, 3.63) is 11.4 Å². The van der Waals surface area contributed by atoms with E-state index >= 15 is 0 Å². The van der Waals surface area contributed by atoms with E-state index in [4.69, 9.17) is 0 Å². The van der Waals surface area contributed by atoms with Crippen LogP contribution < -0.4 is 0 Å². The van der Waals surface area contributed by atoms with Gasteiger partial charge in [-0.15, -0.1) is 0 Å². The molecule has 0 N–H and O–H groups in total. The molecule has 0 heterocycles. The normalized spacial score (nSPS) is 10.3. The third-order valence-electron chi connectivity index (χ3n) is 3.02. The average molecular weight is 254 g/mol. The molecule has 0 saturated carbocycles. The van der Waals surface area contributed by atoms with Crippen molar-refractivity contribution in [3.63, 3.8) is 0 Å². The minimum atomic E-state index is 1.18. The minimum Gasteiger partial charge on any atom is -0.358 e. The fourth-order valence-electron chi connectivity index (χ4n) is 2.56. The molecule has 0 radical (unpaired) electrons. The van der Waals surface area contributed by atoms with Gasteiger partial charge >= 0.3 is 0 Å². The lowest BCUT2D eigenvalue weighted by atomic mass is 10.2. The highest BCUT2D eigenvalue weighted by Crippen LogP contribution is 2.18. The fourth-order valence-corrected chi connectivity index (χ4v) is 2.56. The second-order valence-corrected chi connectivity index (χ2v) is 5.30. The first-order valence-corrected chi connectivity index (χ1v) is 7.79. The highest BCUT2D eigenvalue weighted by atomic mass is 15.3. The summed E-state index contributed by atoms with van der Waals surface area (Å²) in [6.07, 6.45) is 4.90. The van der Waals surface area contributed by atoms with Crippen LogP contribution in [0.5, 0.6) is 0 Å². The van der Waals surface area contributed by atoms with Gasteiger partial charge in [0.15, 0.2) is 0 Å². The number of allylic oxidation sites excluding steroid dienone is 1. The van der Waals surface area contributed by atoms with Gasteiger partial charge in [-0.05, 0) is 45.1 Å². The molecule has 0 unspecified atom stereocenters. The molecule has 0 atom stereocenters. The van der Waals surface area contributed by atoms with Crippen LogP contribution >= 0.6 is 0 Å². The van der Waals surface area contributed by atoms with Crippen LogP contribution in [0, 0.1) is 0 Å². The molecule has 2 nitrogen and oxygen atoms in total. The quantitative estimate of drug-likeness (QED) is 0.567. The third-order valence-corrected chi connectivity index (χ3v) is 3.02. The molecule has 0 aromatic carbocycles. The SMILES string of the molecule is CCCN(CCC)C(=C(C)C)N(CCC)CCC. The van der Waals surface area contributed by atoms with Crippen LogP contribution in [0.1, 0.15) is 67.2 Å². The van der Waals surface area contributed by atoms with E-state index in [1.807, 2.05) is 0 Å². The van der Waals surface area contributed by atoms with Crippen molar-refractivity contribution >= 4 is 0 Å². The Bertz CT molecular complexity index is 199. The number of nitrogens with zero attached hydrogens (tertiary/aromatic N) is 2. The summed E-state index contributed by atoms with van der Waals surface area (Å²) < 4.78 is 0. The highest BCUT2D eigenvalue weighted by Gasteiger charge is 2.16. The van der Waals surface area contributed by atoms with E-state index < -0.39 is 0 Å². The van der Waals surface area contributed by atoms with Crippen molar-refractivity contribution in [1.29, 1.82) is 0 Å². The zero-order chi connectivity index (χ0) is 14.0. The van der Waals surface area contributed by atoms with Crippen molar-refractivity contribution in [2.75, 3.05) is 26.2 Å². The maximum atomic E-state index is 2.58. The Morgan fingerprint density at radius 1 is 0.611 bits per heavy atom. The van der Waals surface area contributed by atoms with E-state index in [-0.39, 0.29) is 0 Å². The molecule has 0 aliphatic rings. The Labute approximate surface area is 115 Å². The van der Waals surface area contributed by atoms with Gasteiger partial charge < -0.3 is 9.80 Å². The summed E-state index contributed by atoms with van der Waals surface area (Å²) in [6, 6.07) is 0. The second kappa shape index (κ2) is 10.3. The van der Waals surface area contributed by atoms with Gasteiger partial charge in [0.1, 0.15) is 5.82 Å². The molecule has 0 aromatic heterocycles. The number of rotatable bonds is 10. The van der Waals surface area contributed by atoms with E-state index in [1.54, 1.807) is 0 Å². The fraction of sp³-hybridized carbons (Fsp3) is 0.875. The van der Waals surface area contributed by atoms with E-state index in [1.165, 1.54) is 63.3 Å². The average Bonchev–Trinajstić information content (AvgIpc) is 2.30. The first-order valence-electron chi connectivity index (χ1n) is 7.79. The molecule has 108 valence electrons. The van der Waals surface area contributed by atoms with Gasteiger partial charge in [0.25, 0.3) is 0 Å². The largest absolute Gasteiger partial charge is 0.358 e. The molecular formula is C16H34N2. The van der Waals surface area contributed by atoms with Gasteiger partial charge in [0.2, 0.25) is 0 Å². The molecule has 0 bridgehead atoms. The van der Waals surface area contributed by atoms with Crippen molar-refractivity contribution in [3.8, 4) is 0 Å². The van der Waals surface area contributed by atoms with Crippen LogP contribution in [0.4, 0.5) is 0 Å². The predicted molar refractivity (Wildman–Crippen MR) is 82.7 cm³/mol. The first kappa shape index (κ1) is 17.3. The monoisotopic (exact) mass is 254 g/mol. The molecule has 0 spiro atoms. The molecule has 2 heteroatoms. The Morgan fingerprint density at radius 3 is 1.06 bits per heavy atom. The first-order chi connectivity index (χ1) is 8.62. The predicted octanol–water partition coefficient (Wildman–Crippen LogP) is 4.48. The summed E-state index contributed by atoms with van der Waals surface area (Å²) in [6.45, 7) is 18.3. The molecule has 0 aromatic rings. The van der Waals surface area contributed by atoms with Gasteiger partial charge in [-0.1, -0.05) is 27.7 Å². The lowest BCUT2D eigenvalue weighted by Crippen LogP contribution is -2.38. The van der Waals surface area contributed by atoms with Gasteiger partial charge in [0.05, 0.1) is 0 Å². The minimum absolute atomic E-state index is 1.18. The van der Waals surface area contributed by atoms with Crippen molar-refractivity contribution in [1.82, 2.24) is 9.80 Å².